The first-order chi connectivity index (χ1) is 15.2. The van der Waals surface area contributed by atoms with Crippen LogP contribution in [0, 0.1) is 17.0 Å². The van der Waals surface area contributed by atoms with Crippen molar-refractivity contribution in [3.63, 3.8) is 0 Å². The summed E-state index contributed by atoms with van der Waals surface area (Å²) in [4.78, 5) is 60.2. The molecule has 0 radical (unpaired) electrons. The first-order valence-electron chi connectivity index (χ1n) is 9.46. The SMILES string of the molecule is COc1ccc(NC(=O)COC(=O)CCN2C(=O)c3ccc(C)cc3C2=O)c([N+](=O)[O-])c1. The van der Waals surface area contributed by atoms with E-state index in [1.807, 2.05) is 0 Å². The number of carbonyl (C=O) groups is 4. The molecule has 11 nitrogen and oxygen atoms in total. The van der Waals surface area contributed by atoms with Crippen LogP contribution >= 0.6 is 0 Å². The number of rotatable bonds is 8. The highest BCUT2D eigenvalue weighted by Gasteiger charge is 2.35. The Morgan fingerprint density at radius 2 is 1.81 bits per heavy atom. The number of imide groups is 1. The molecule has 11 heteroatoms. The topological polar surface area (TPSA) is 145 Å². The number of nitrogens with zero attached hydrogens (tertiary/aromatic N) is 2. The predicted molar refractivity (Wildman–Crippen MR) is 110 cm³/mol. The van der Waals surface area contributed by atoms with Gasteiger partial charge in [-0.1, -0.05) is 11.6 Å². The lowest BCUT2D eigenvalue weighted by Crippen LogP contribution is -2.32. The standard InChI is InChI=1S/C21H19N3O8/c1-12-3-5-14-15(9-12)21(28)23(20(14)27)8-7-19(26)32-11-18(25)22-16-6-4-13(31-2)10-17(16)24(29)30/h3-6,9-10H,7-8,11H2,1-2H3,(H,22,25). The van der Waals surface area contributed by atoms with Crippen molar-refractivity contribution in [1.29, 1.82) is 0 Å². The van der Waals surface area contributed by atoms with Gasteiger partial charge in [-0.3, -0.25) is 34.2 Å². The number of methoxy groups -OCH3 is 1. The van der Waals surface area contributed by atoms with Crippen LogP contribution in [0.1, 0.15) is 32.7 Å². The Labute approximate surface area is 182 Å². The lowest BCUT2D eigenvalue weighted by molar-refractivity contribution is -0.384. The van der Waals surface area contributed by atoms with Gasteiger partial charge in [-0.2, -0.15) is 0 Å². The van der Waals surface area contributed by atoms with Crippen LogP contribution in [0.15, 0.2) is 36.4 Å². The first-order valence-corrected chi connectivity index (χ1v) is 9.46. The summed E-state index contributed by atoms with van der Waals surface area (Å²) < 4.78 is 9.77. The quantitative estimate of drug-likeness (QED) is 0.284. The van der Waals surface area contributed by atoms with Crippen LogP contribution in [0.3, 0.4) is 0 Å². The minimum atomic E-state index is -0.808. The fourth-order valence-electron chi connectivity index (χ4n) is 3.11. The highest BCUT2D eigenvalue weighted by molar-refractivity contribution is 6.21. The molecular formula is C21H19N3O8. The van der Waals surface area contributed by atoms with E-state index in [2.05, 4.69) is 5.32 Å². The van der Waals surface area contributed by atoms with Gasteiger partial charge < -0.3 is 14.8 Å². The van der Waals surface area contributed by atoms with Crippen LogP contribution in [0.5, 0.6) is 5.75 Å². The molecule has 0 aliphatic carbocycles. The molecule has 3 rings (SSSR count). The number of ether oxygens (including phenoxy) is 2. The maximum absolute atomic E-state index is 12.4. The number of carbonyl (C=O) groups excluding carboxylic acids is 4. The number of benzene rings is 2. The molecule has 1 aliphatic rings. The minimum Gasteiger partial charge on any atom is -0.496 e. The van der Waals surface area contributed by atoms with E-state index in [4.69, 9.17) is 9.47 Å². The zero-order chi connectivity index (χ0) is 23.4. The molecular weight excluding hydrogens is 422 g/mol. The number of aryl methyl sites for hydroxylation is 1. The molecule has 0 atom stereocenters. The van der Waals surface area contributed by atoms with Gasteiger partial charge >= 0.3 is 5.97 Å². The number of nitro benzene ring substituents is 1. The van der Waals surface area contributed by atoms with E-state index < -0.39 is 35.2 Å². The normalized spacial score (nSPS) is 12.4. The van der Waals surface area contributed by atoms with Crippen molar-refractivity contribution >= 4 is 35.1 Å². The molecule has 32 heavy (non-hydrogen) atoms. The van der Waals surface area contributed by atoms with E-state index in [1.54, 1.807) is 25.1 Å². The number of hydrogen-bond acceptors (Lipinski definition) is 8. The molecule has 1 aliphatic heterocycles. The van der Waals surface area contributed by atoms with Crippen LogP contribution in [0.2, 0.25) is 0 Å². The van der Waals surface area contributed by atoms with Gasteiger partial charge in [-0.05, 0) is 31.2 Å². The zero-order valence-corrected chi connectivity index (χ0v) is 17.2. The monoisotopic (exact) mass is 441 g/mol. The highest BCUT2D eigenvalue weighted by Crippen LogP contribution is 2.29. The van der Waals surface area contributed by atoms with E-state index in [-0.39, 0.29) is 41.2 Å². The second kappa shape index (κ2) is 9.25. The molecule has 0 unspecified atom stereocenters. The summed E-state index contributed by atoms with van der Waals surface area (Å²) in [7, 11) is 1.35. The number of nitro groups is 1. The van der Waals surface area contributed by atoms with Crippen molar-refractivity contribution < 1.29 is 33.6 Å². The third-order valence-corrected chi connectivity index (χ3v) is 4.71. The Morgan fingerprint density at radius 3 is 2.50 bits per heavy atom. The van der Waals surface area contributed by atoms with Gasteiger partial charge in [0.25, 0.3) is 23.4 Å². The van der Waals surface area contributed by atoms with E-state index in [0.717, 1.165) is 16.5 Å². The second-order valence-corrected chi connectivity index (χ2v) is 6.91. The van der Waals surface area contributed by atoms with Crippen molar-refractivity contribution in [3.05, 3.63) is 63.2 Å². The number of nitrogens with one attached hydrogen (secondary N) is 1. The zero-order valence-electron chi connectivity index (χ0n) is 17.2. The van der Waals surface area contributed by atoms with Gasteiger partial charge in [0.2, 0.25) is 0 Å². The predicted octanol–water partition coefficient (Wildman–Crippen LogP) is 2.08. The average molecular weight is 441 g/mol. The third kappa shape index (κ3) is 4.72. The lowest BCUT2D eigenvalue weighted by atomic mass is 10.1. The van der Waals surface area contributed by atoms with Crippen LogP contribution in [-0.4, -0.2) is 53.8 Å². The molecule has 1 heterocycles. The second-order valence-electron chi connectivity index (χ2n) is 6.91. The number of amides is 3. The molecule has 3 amide bonds. The van der Waals surface area contributed by atoms with Crippen molar-refractivity contribution in [2.24, 2.45) is 0 Å². The van der Waals surface area contributed by atoms with Gasteiger partial charge in [-0.15, -0.1) is 0 Å². The lowest BCUT2D eigenvalue weighted by Gasteiger charge is -2.13. The molecule has 166 valence electrons. The highest BCUT2D eigenvalue weighted by atomic mass is 16.6. The average Bonchev–Trinajstić information content (AvgIpc) is 3.00. The van der Waals surface area contributed by atoms with Crippen LogP contribution < -0.4 is 10.1 Å². The molecule has 2 aromatic carbocycles. The van der Waals surface area contributed by atoms with Gasteiger partial charge in [0.15, 0.2) is 6.61 Å². The summed E-state index contributed by atoms with van der Waals surface area (Å²) in [6.45, 7) is 0.906. The van der Waals surface area contributed by atoms with Crippen molar-refractivity contribution in [2.75, 3.05) is 25.6 Å². The molecule has 0 aromatic heterocycles. The van der Waals surface area contributed by atoms with Crippen LogP contribution in [0.4, 0.5) is 11.4 Å². The van der Waals surface area contributed by atoms with Crippen molar-refractivity contribution in [1.82, 2.24) is 4.90 Å². The van der Waals surface area contributed by atoms with E-state index in [1.165, 1.54) is 19.2 Å². The summed E-state index contributed by atoms with van der Waals surface area (Å²) in [6.07, 6.45) is -0.305. The minimum absolute atomic E-state index is 0.0850. The summed E-state index contributed by atoms with van der Waals surface area (Å²) in [6, 6.07) is 8.75. The molecule has 0 saturated carbocycles. The number of hydrogen-bond donors (Lipinski definition) is 1. The number of esters is 1. The summed E-state index contributed by atoms with van der Waals surface area (Å²) in [5.41, 5.74) is 0.913. The van der Waals surface area contributed by atoms with Gasteiger partial charge in [0.1, 0.15) is 11.4 Å². The van der Waals surface area contributed by atoms with Crippen molar-refractivity contribution in [3.8, 4) is 5.75 Å². The Balaban J connectivity index is 1.52. The maximum atomic E-state index is 12.4. The molecule has 1 N–H and O–H groups in total. The molecule has 2 aromatic rings. The summed E-state index contributed by atoms with van der Waals surface area (Å²) in [5.74, 6) is -2.35. The van der Waals surface area contributed by atoms with E-state index in [9.17, 15) is 29.3 Å². The summed E-state index contributed by atoms with van der Waals surface area (Å²) >= 11 is 0. The van der Waals surface area contributed by atoms with Crippen molar-refractivity contribution in [2.45, 2.75) is 13.3 Å². The van der Waals surface area contributed by atoms with Crippen LogP contribution in [0.25, 0.3) is 0 Å². The van der Waals surface area contributed by atoms with Gasteiger partial charge in [-0.25, -0.2) is 0 Å². The Morgan fingerprint density at radius 1 is 1.09 bits per heavy atom. The molecule has 0 bridgehead atoms. The van der Waals surface area contributed by atoms with Crippen LogP contribution in [-0.2, 0) is 14.3 Å². The fourth-order valence-corrected chi connectivity index (χ4v) is 3.11. The third-order valence-electron chi connectivity index (χ3n) is 4.71. The Kier molecular flexibility index (Phi) is 6.47. The Hall–Kier alpha value is -4.28. The number of anilines is 1. The smallest absolute Gasteiger partial charge is 0.308 e. The molecule has 0 spiro atoms. The van der Waals surface area contributed by atoms with Gasteiger partial charge in [0.05, 0.1) is 35.6 Å². The molecule has 0 saturated heterocycles. The number of fused-ring (bicyclic) bond motifs is 1. The van der Waals surface area contributed by atoms with E-state index >= 15 is 0 Å². The largest absolute Gasteiger partial charge is 0.496 e. The van der Waals surface area contributed by atoms with Gasteiger partial charge in [0, 0.05) is 6.54 Å². The summed E-state index contributed by atoms with van der Waals surface area (Å²) in [5, 5.41) is 13.5. The first kappa shape index (κ1) is 22.4. The van der Waals surface area contributed by atoms with E-state index in [0.29, 0.717) is 0 Å². The fraction of sp³-hybridized carbons (Fsp3) is 0.238. The Bertz CT molecular complexity index is 1130. The maximum Gasteiger partial charge on any atom is 0.308 e. The molecule has 0 fully saturated rings.